The largest absolute Gasteiger partial charge is 0.480 e. The Morgan fingerprint density at radius 2 is 2.31 bits per heavy atom. The molecular weight excluding hydrogens is 208 g/mol. The van der Waals surface area contributed by atoms with Crippen molar-refractivity contribution < 1.29 is 14.6 Å². The molecular formula is C11H16N2O3. The highest BCUT2D eigenvalue weighted by Gasteiger charge is 2.17. The van der Waals surface area contributed by atoms with Gasteiger partial charge >= 0.3 is 5.97 Å². The molecule has 0 bridgehead atoms. The fourth-order valence-corrected chi connectivity index (χ4v) is 2.07. The molecule has 1 aromatic heterocycles. The van der Waals surface area contributed by atoms with Crippen LogP contribution in [0.15, 0.2) is 12.3 Å². The Hall–Kier alpha value is -1.36. The van der Waals surface area contributed by atoms with E-state index < -0.39 is 5.97 Å². The second-order valence-corrected chi connectivity index (χ2v) is 4.11. The summed E-state index contributed by atoms with van der Waals surface area (Å²) < 4.78 is 6.96. The fourth-order valence-electron chi connectivity index (χ4n) is 2.07. The molecule has 1 heterocycles. The van der Waals surface area contributed by atoms with Gasteiger partial charge < -0.3 is 9.84 Å². The van der Waals surface area contributed by atoms with Gasteiger partial charge in [-0.1, -0.05) is 12.8 Å². The molecule has 0 unspecified atom stereocenters. The molecule has 1 N–H and O–H groups in total. The van der Waals surface area contributed by atoms with Gasteiger partial charge in [0.25, 0.3) is 0 Å². The van der Waals surface area contributed by atoms with Gasteiger partial charge in [-0.25, -0.2) is 4.79 Å². The van der Waals surface area contributed by atoms with E-state index in [0.29, 0.717) is 6.04 Å². The maximum atomic E-state index is 10.3. The van der Waals surface area contributed by atoms with Gasteiger partial charge in [-0.15, -0.1) is 0 Å². The summed E-state index contributed by atoms with van der Waals surface area (Å²) >= 11 is 0. The van der Waals surface area contributed by atoms with Gasteiger partial charge in [-0.3, -0.25) is 4.68 Å². The maximum absolute atomic E-state index is 10.3. The molecule has 0 saturated heterocycles. The van der Waals surface area contributed by atoms with E-state index in [-0.39, 0.29) is 13.2 Å². The predicted molar refractivity (Wildman–Crippen MR) is 57.0 cm³/mol. The molecule has 0 atom stereocenters. The average molecular weight is 224 g/mol. The van der Waals surface area contributed by atoms with Crippen molar-refractivity contribution in [3.63, 3.8) is 0 Å². The second kappa shape index (κ2) is 5.12. The molecule has 0 spiro atoms. The van der Waals surface area contributed by atoms with Crippen molar-refractivity contribution in [2.75, 3.05) is 6.61 Å². The Morgan fingerprint density at radius 1 is 1.56 bits per heavy atom. The van der Waals surface area contributed by atoms with Crippen molar-refractivity contribution in [1.29, 1.82) is 0 Å². The van der Waals surface area contributed by atoms with Crippen LogP contribution in [0, 0.1) is 0 Å². The Balaban J connectivity index is 1.84. The normalized spacial score (nSPS) is 16.8. The lowest BCUT2D eigenvalue weighted by Crippen LogP contribution is -2.08. The average Bonchev–Trinajstić information content (AvgIpc) is 2.85. The van der Waals surface area contributed by atoms with E-state index in [1.807, 2.05) is 16.9 Å². The smallest absolute Gasteiger partial charge is 0.329 e. The SMILES string of the molecule is O=C(O)COCc1ccn(C2CCCC2)n1. The minimum Gasteiger partial charge on any atom is -0.480 e. The Bertz CT molecular complexity index is 356. The first-order valence-electron chi connectivity index (χ1n) is 5.59. The summed E-state index contributed by atoms with van der Waals surface area (Å²) in [5.74, 6) is -0.949. The maximum Gasteiger partial charge on any atom is 0.329 e. The molecule has 16 heavy (non-hydrogen) atoms. The predicted octanol–water partition coefficient (Wildman–Crippen LogP) is 1.60. The number of ether oxygens (including phenoxy) is 1. The molecule has 2 rings (SSSR count). The Labute approximate surface area is 94.0 Å². The van der Waals surface area contributed by atoms with E-state index in [4.69, 9.17) is 9.84 Å². The molecule has 0 amide bonds. The molecule has 0 aliphatic heterocycles. The number of carboxylic acids is 1. The third kappa shape index (κ3) is 2.82. The van der Waals surface area contributed by atoms with Crippen LogP contribution in [0.1, 0.15) is 37.4 Å². The van der Waals surface area contributed by atoms with Gasteiger partial charge in [-0.05, 0) is 18.9 Å². The number of carbonyl (C=O) groups is 1. The van der Waals surface area contributed by atoms with Crippen LogP contribution in [0.25, 0.3) is 0 Å². The standard InChI is InChI=1S/C11H16N2O3/c14-11(15)8-16-7-9-5-6-13(12-9)10-3-1-2-4-10/h5-6,10H,1-4,7-8H2,(H,14,15). The number of carboxylic acid groups (broad SMARTS) is 1. The molecule has 0 radical (unpaired) electrons. The lowest BCUT2D eigenvalue weighted by molar-refractivity contribution is -0.142. The first-order valence-corrected chi connectivity index (χ1v) is 5.59. The number of aromatic nitrogens is 2. The summed E-state index contributed by atoms with van der Waals surface area (Å²) in [7, 11) is 0. The van der Waals surface area contributed by atoms with Crippen LogP contribution >= 0.6 is 0 Å². The highest BCUT2D eigenvalue weighted by molar-refractivity contribution is 5.67. The Kier molecular flexibility index (Phi) is 3.56. The fraction of sp³-hybridized carbons (Fsp3) is 0.636. The summed E-state index contributed by atoms with van der Waals surface area (Å²) in [5, 5.41) is 12.8. The van der Waals surface area contributed by atoms with Crippen molar-refractivity contribution in [2.24, 2.45) is 0 Å². The van der Waals surface area contributed by atoms with E-state index >= 15 is 0 Å². The highest BCUT2D eigenvalue weighted by Crippen LogP contribution is 2.28. The van der Waals surface area contributed by atoms with Crippen LogP contribution in [0.4, 0.5) is 0 Å². The molecule has 1 aliphatic carbocycles. The molecule has 0 aromatic carbocycles. The summed E-state index contributed by atoms with van der Waals surface area (Å²) in [5.41, 5.74) is 0.799. The summed E-state index contributed by atoms with van der Waals surface area (Å²) in [6, 6.07) is 2.41. The summed E-state index contributed by atoms with van der Waals surface area (Å²) in [4.78, 5) is 10.3. The van der Waals surface area contributed by atoms with Crippen LogP contribution in [0.3, 0.4) is 0 Å². The quantitative estimate of drug-likeness (QED) is 0.825. The molecule has 1 saturated carbocycles. The molecule has 1 fully saturated rings. The summed E-state index contributed by atoms with van der Waals surface area (Å²) in [6.45, 7) is 0.00229. The zero-order valence-corrected chi connectivity index (χ0v) is 9.13. The monoisotopic (exact) mass is 224 g/mol. The summed E-state index contributed by atoms with van der Waals surface area (Å²) in [6.07, 6.45) is 6.88. The molecule has 5 heteroatoms. The number of nitrogens with zero attached hydrogens (tertiary/aromatic N) is 2. The second-order valence-electron chi connectivity index (χ2n) is 4.11. The number of rotatable bonds is 5. The van der Waals surface area contributed by atoms with Gasteiger partial charge in [0.1, 0.15) is 6.61 Å². The van der Waals surface area contributed by atoms with Crippen LogP contribution in [0.5, 0.6) is 0 Å². The van der Waals surface area contributed by atoms with Crippen LogP contribution in [-0.4, -0.2) is 27.5 Å². The van der Waals surface area contributed by atoms with Crippen molar-refractivity contribution >= 4 is 5.97 Å². The topological polar surface area (TPSA) is 64.3 Å². The van der Waals surface area contributed by atoms with Crippen LogP contribution < -0.4 is 0 Å². The van der Waals surface area contributed by atoms with Gasteiger partial charge in [-0.2, -0.15) is 5.10 Å². The molecule has 5 nitrogen and oxygen atoms in total. The van der Waals surface area contributed by atoms with Crippen LogP contribution in [0.2, 0.25) is 0 Å². The van der Waals surface area contributed by atoms with Crippen molar-refractivity contribution in [3.8, 4) is 0 Å². The van der Waals surface area contributed by atoms with Gasteiger partial charge in [0, 0.05) is 6.20 Å². The lowest BCUT2D eigenvalue weighted by atomic mass is 10.3. The minimum absolute atomic E-state index is 0.268. The van der Waals surface area contributed by atoms with Gasteiger partial charge in [0.15, 0.2) is 0 Å². The van der Waals surface area contributed by atoms with E-state index in [9.17, 15) is 4.79 Å². The Morgan fingerprint density at radius 3 is 3.00 bits per heavy atom. The van der Waals surface area contributed by atoms with E-state index in [2.05, 4.69) is 5.10 Å². The third-order valence-corrected chi connectivity index (χ3v) is 2.84. The lowest BCUT2D eigenvalue weighted by Gasteiger charge is -2.08. The molecule has 1 aromatic rings. The van der Waals surface area contributed by atoms with E-state index in [1.165, 1.54) is 25.7 Å². The minimum atomic E-state index is -0.949. The highest BCUT2D eigenvalue weighted by atomic mass is 16.5. The first kappa shape index (κ1) is 11.1. The molecule has 1 aliphatic rings. The van der Waals surface area contributed by atoms with Crippen molar-refractivity contribution in [2.45, 2.75) is 38.3 Å². The van der Waals surface area contributed by atoms with E-state index in [1.54, 1.807) is 0 Å². The third-order valence-electron chi connectivity index (χ3n) is 2.84. The van der Waals surface area contributed by atoms with Gasteiger partial charge in [0.05, 0.1) is 18.3 Å². The van der Waals surface area contributed by atoms with E-state index in [0.717, 1.165) is 5.69 Å². The van der Waals surface area contributed by atoms with Crippen molar-refractivity contribution in [3.05, 3.63) is 18.0 Å². The zero-order chi connectivity index (χ0) is 11.4. The van der Waals surface area contributed by atoms with Crippen molar-refractivity contribution in [1.82, 2.24) is 9.78 Å². The molecule has 88 valence electrons. The number of hydrogen-bond donors (Lipinski definition) is 1. The number of aliphatic carboxylic acids is 1. The van der Waals surface area contributed by atoms with Crippen LogP contribution in [-0.2, 0) is 16.1 Å². The van der Waals surface area contributed by atoms with Gasteiger partial charge in [0.2, 0.25) is 0 Å². The zero-order valence-electron chi connectivity index (χ0n) is 9.13. The first-order chi connectivity index (χ1) is 7.75. The number of hydrogen-bond acceptors (Lipinski definition) is 3.